The number of allylic oxidation sites excluding steroid dienone is 4. The first-order valence-electron chi connectivity index (χ1n) is 22.3. The summed E-state index contributed by atoms with van der Waals surface area (Å²) < 4.78 is 0. The third-order valence-electron chi connectivity index (χ3n) is 14.1. The van der Waals surface area contributed by atoms with Crippen LogP contribution in [0.5, 0.6) is 0 Å². The average Bonchev–Trinajstić information content (AvgIpc) is 3.70. The summed E-state index contributed by atoms with van der Waals surface area (Å²) in [6.07, 6.45) is 7.86. The van der Waals surface area contributed by atoms with Crippen LogP contribution in [0.4, 0.5) is 11.4 Å². The van der Waals surface area contributed by atoms with Gasteiger partial charge in [-0.15, -0.1) is 0 Å². The molecule has 0 atom stereocenters. The SMILES string of the molecule is C=C1/C=C\C(N(c2ccc3c(c2)C(C)(C)c2ccccc2-3)c2ccccc2-c2ccccc2)=C/CC2(c3ccccc31)c1cc(C(C)(C)C)ccc1-c1ccc(C(C)(C)C)cc12. The fraction of sp³-hybridized carbons (Fsp3) is 0.213. The highest BCUT2D eigenvalue weighted by Gasteiger charge is 2.47. The van der Waals surface area contributed by atoms with Gasteiger partial charge in [0.1, 0.15) is 0 Å². The van der Waals surface area contributed by atoms with Crippen LogP contribution in [0.15, 0.2) is 188 Å². The summed E-state index contributed by atoms with van der Waals surface area (Å²) in [5, 5.41) is 0. The minimum Gasteiger partial charge on any atom is -0.310 e. The lowest BCUT2D eigenvalue weighted by molar-refractivity contribution is 0.578. The Labute approximate surface area is 369 Å². The summed E-state index contributed by atoms with van der Waals surface area (Å²) in [5.74, 6) is 0. The number of fused-ring (bicyclic) bond motifs is 10. The van der Waals surface area contributed by atoms with Crippen LogP contribution in [0, 0.1) is 0 Å². The molecule has 0 amide bonds. The molecule has 1 heteroatoms. The summed E-state index contributed by atoms with van der Waals surface area (Å²) >= 11 is 0. The van der Waals surface area contributed by atoms with Gasteiger partial charge in [0, 0.05) is 22.4 Å². The Morgan fingerprint density at radius 3 is 1.63 bits per heavy atom. The summed E-state index contributed by atoms with van der Waals surface area (Å²) in [4.78, 5) is 2.52. The van der Waals surface area contributed by atoms with Crippen LogP contribution < -0.4 is 4.90 Å². The van der Waals surface area contributed by atoms with E-state index in [-0.39, 0.29) is 16.2 Å². The zero-order valence-electron chi connectivity index (χ0n) is 37.6. The molecule has 0 heterocycles. The molecule has 0 aliphatic heterocycles. The van der Waals surface area contributed by atoms with Gasteiger partial charge in [-0.3, -0.25) is 0 Å². The summed E-state index contributed by atoms with van der Waals surface area (Å²) in [6.45, 7) is 23.6. The zero-order valence-corrected chi connectivity index (χ0v) is 37.6. The Bertz CT molecular complexity index is 2930. The van der Waals surface area contributed by atoms with Gasteiger partial charge in [-0.25, -0.2) is 0 Å². The summed E-state index contributed by atoms with van der Waals surface area (Å²) in [6, 6.07) is 59.5. The van der Waals surface area contributed by atoms with Gasteiger partial charge in [0.15, 0.2) is 0 Å². The fourth-order valence-corrected chi connectivity index (χ4v) is 10.7. The third kappa shape index (κ3) is 6.19. The maximum Gasteiger partial charge on any atom is 0.0539 e. The number of hydrogen-bond donors (Lipinski definition) is 0. The summed E-state index contributed by atoms with van der Waals surface area (Å²) in [7, 11) is 0. The highest BCUT2D eigenvalue weighted by molar-refractivity contribution is 5.91. The first-order chi connectivity index (χ1) is 29.7. The molecular formula is C61H57N. The molecule has 0 saturated carbocycles. The van der Waals surface area contributed by atoms with E-state index in [9.17, 15) is 0 Å². The van der Waals surface area contributed by atoms with Gasteiger partial charge in [-0.05, 0) is 119 Å². The van der Waals surface area contributed by atoms with E-state index in [1.165, 1.54) is 77.9 Å². The van der Waals surface area contributed by atoms with Crippen molar-refractivity contribution in [3.63, 3.8) is 0 Å². The Morgan fingerprint density at radius 2 is 0.984 bits per heavy atom. The molecule has 1 spiro atoms. The number of rotatable bonds is 4. The molecule has 3 aliphatic carbocycles. The Balaban J connectivity index is 1.27. The van der Waals surface area contributed by atoms with Crippen molar-refractivity contribution >= 4 is 16.9 Å². The first-order valence-corrected chi connectivity index (χ1v) is 22.3. The van der Waals surface area contributed by atoms with Gasteiger partial charge < -0.3 is 4.90 Å². The monoisotopic (exact) mass is 803 g/mol. The standard InChI is InChI=1S/C61H57N/c1-40-27-30-44(62(57-26-18-15-22-47(57)41-19-11-10-12-20-41)45-31-34-49-48-23-14-16-24-52(48)60(8,9)54(49)39-45)35-36-61(53-25-17-13-21-46(40)53)55-37-42(58(2,3)4)28-32-50(55)51-33-29-43(38-56(51)61)59(5,6)7/h10-35,37-39H,1,36H2,2-9H3/b30-27-,44-35+. The van der Waals surface area contributed by atoms with Crippen LogP contribution in [-0.2, 0) is 21.7 Å². The van der Waals surface area contributed by atoms with E-state index in [1.807, 2.05) is 0 Å². The van der Waals surface area contributed by atoms with Gasteiger partial charge in [0.05, 0.1) is 11.1 Å². The summed E-state index contributed by atoms with van der Waals surface area (Å²) in [5.41, 5.74) is 22.0. The van der Waals surface area contributed by atoms with Gasteiger partial charge in [-0.2, -0.15) is 0 Å². The quantitative estimate of drug-likeness (QED) is 0.171. The minimum absolute atomic E-state index is 0.0231. The molecule has 0 bridgehead atoms. The van der Waals surface area contributed by atoms with Crippen molar-refractivity contribution in [3.8, 4) is 33.4 Å². The molecule has 7 aromatic carbocycles. The number of hydrogen-bond acceptors (Lipinski definition) is 1. The second-order valence-corrected chi connectivity index (χ2v) is 20.3. The predicted molar refractivity (Wildman–Crippen MR) is 264 cm³/mol. The van der Waals surface area contributed by atoms with E-state index in [1.54, 1.807) is 0 Å². The van der Waals surface area contributed by atoms with Crippen molar-refractivity contribution in [1.29, 1.82) is 0 Å². The van der Waals surface area contributed by atoms with Gasteiger partial charge in [-0.1, -0.05) is 214 Å². The molecule has 3 aliphatic rings. The topological polar surface area (TPSA) is 3.24 Å². The van der Waals surface area contributed by atoms with E-state index in [4.69, 9.17) is 6.58 Å². The van der Waals surface area contributed by atoms with E-state index < -0.39 is 5.41 Å². The number of para-hydroxylation sites is 1. The number of nitrogens with zero attached hydrogens (tertiary/aromatic N) is 1. The minimum atomic E-state index is -0.490. The molecule has 0 radical (unpaired) electrons. The normalized spacial score (nSPS) is 17.0. The van der Waals surface area contributed by atoms with Gasteiger partial charge in [0.25, 0.3) is 0 Å². The molecule has 0 fully saturated rings. The highest BCUT2D eigenvalue weighted by atomic mass is 15.1. The van der Waals surface area contributed by atoms with Gasteiger partial charge >= 0.3 is 0 Å². The molecule has 7 aromatic rings. The number of benzene rings is 7. The van der Waals surface area contributed by atoms with Crippen LogP contribution in [0.1, 0.15) is 106 Å². The van der Waals surface area contributed by atoms with Crippen molar-refractivity contribution in [2.45, 2.75) is 83.5 Å². The van der Waals surface area contributed by atoms with Crippen LogP contribution in [-0.4, -0.2) is 0 Å². The zero-order chi connectivity index (χ0) is 43.2. The smallest absolute Gasteiger partial charge is 0.0539 e. The Kier molecular flexibility index (Phi) is 9.16. The first kappa shape index (κ1) is 39.7. The Hall–Kier alpha value is -6.44. The maximum atomic E-state index is 4.84. The fourth-order valence-electron chi connectivity index (χ4n) is 10.7. The third-order valence-corrected chi connectivity index (χ3v) is 14.1. The average molecular weight is 804 g/mol. The molecule has 1 nitrogen and oxygen atoms in total. The molecule has 0 unspecified atom stereocenters. The lowest BCUT2D eigenvalue weighted by atomic mass is 9.66. The Morgan fingerprint density at radius 1 is 0.468 bits per heavy atom. The lowest BCUT2D eigenvalue weighted by Crippen LogP contribution is -2.29. The predicted octanol–water partition coefficient (Wildman–Crippen LogP) is 16.3. The molecule has 306 valence electrons. The lowest BCUT2D eigenvalue weighted by Gasteiger charge is -2.36. The maximum absolute atomic E-state index is 4.84. The van der Waals surface area contributed by atoms with E-state index in [0.29, 0.717) is 0 Å². The van der Waals surface area contributed by atoms with Crippen molar-refractivity contribution < 1.29 is 0 Å². The second kappa shape index (κ2) is 14.3. The number of anilines is 2. The van der Waals surface area contributed by atoms with Crippen LogP contribution in [0.3, 0.4) is 0 Å². The van der Waals surface area contributed by atoms with Crippen molar-refractivity contribution in [2.75, 3.05) is 4.90 Å². The van der Waals surface area contributed by atoms with E-state index >= 15 is 0 Å². The molecule has 62 heavy (non-hydrogen) atoms. The van der Waals surface area contributed by atoms with Crippen molar-refractivity contribution in [1.82, 2.24) is 0 Å². The largest absolute Gasteiger partial charge is 0.310 e. The molecular weight excluding hydrogens is 747 g/mol. The van der Waals surface area contributed by atoms with Crippen LogP contribution in [0.2, 0.25) is 0 Å². The van der Waals surface area contributed by atoms with Gasteiger partial charge in [0.2, 0.25) is 0 Å². The molecule has 0 N–H and O–H groups in total. The van der Waals surface area contributed by atoms with Crippen LogP contribution >= 0.6 is 0 Å². The highest BCUT2D eigenvalue weighted by Crippen LogP contribution is 2.58. The van der Waals surface area contributed by atoms with Crippen LogP contribution in [0.25, 0.3) is 39.0 Å². The van der Waals surface area contributed by atoms with Crippen molar-refractivity contribution in [3.05, 3.63) is 233 Å². The molecule has 0 saturated heterocycles. The van der Waals surface area contributed by atoms with Crippen molar-refractivity contribution in [2.24, 2.45) is 0 Å². The van der Waals surface area contributed by atoms with E-state index in [2.05, 4.69) is 236 Å². The van der Waals surface area contributed by atoms with E-state index in [0.717, 1.165) is 29.1 Å². The molecule has 0 aromatic heterocycles. The molecule has 10 rings (SSSR count). The second-order valence-electron chi connectivity index (χ2n) is 20.3.